The molecule has 4 aromatic carbocycles. The molecular formula is C32H15Cl3CuN8. The van der Waals surface area contributed by atoms with Crippen LogP contribution in [0.3, 0.4) is 0 Å². The first-order valence-electron chi connectivity index (χ1n) is 13.3. The number of benzene rings is 4. The average Bonchev–Trinajstić information content (AvgIpc) is 3.75. The summed E-state index contributed by atoms with van der Waals surface area (Å²) in [5.41, 5.74) is 5.56. The Morgan fingerprint density at radius 2 is 0.818 bits per heavy atom. The third kappa shape index (κ3) is 3.98. The molecule has 12 heteroatoms. The number of rotatable bonds is 0. The molecule has 9 rings (SSSR count). The van der Waals surface area contributed by atoms with E-state index in [4.69, 9.17) is 64.7 Å². The van der Waals surface area contributed by atoms with Gasteiger partial charge < -0.3 is 9.97 Å². The summed E-state index contributed by atoms with van der Waals surface area (Å²) in [5.74, 6) is 2.00. The zero-order valence-corrected chi connectivity index (χ0v) is 25.3. The second-order valence-electron chi connectivity index (χ2n) is 10.2. The fraction of sp³-hybridized carbons (Fsp3) is 0. The van der Waals surface area contributed by atoms with Crippen LogP contribution in [0, 0.1) is 0 Å². The number of aromatic amines is 2. The zero-order valence-electron chi connectivity index (χ0n) is 22.1. The maximum Gasteiger partial charge on any atom is 0.164 e. The first kappa shape index (κ1) is 27.2. The molecule has 3 aromatic heterocycles. The van der Waals surface area contributed by atoms with E-state index in [1.807, 2.05) is 72.8 Å². The Hall–Kier alpha value is -4.37. The number of nitrogens with one attached hydrogen (secondary N) is 2. The van der Waals surface area contributed by atoms with Crippen LogP contribution in [-0.2, 0) is 17.1 Å². The molecule has 44 heavy (non-hydrogen) atoms. The van der Waals surface area contributed by atoms with Crippen molar-refractivity contribution >= 4 is 78.9 Å². The Bertz CT molecular complexity index is 2520. The van der Waals surface area contributed by atoms with Gasteiger partial charge in [-0.05, 0) is 6.07 Å². The van der Waals surface area contributed by atoms with Gasteiger partial charge in [-0.1, -0.05) is 108 Å². The van der Waals surface area contributed by atoms with Crippen LogP contribution in [0.2, 0.25) is 15.1 Å². The molecule has 0 amide bonds. The van der Waals surface area contributed by atoms with E-state index in [0.717, 1.165) is 33.0 Å². The van der Waals surface area contributed by atoms with Crippen LogP contribution in [-0.4, -0.2) is 39.9 Å². The van der Waals surface area contributed by atoms with E-state index >= 15 is 0 Å². The molecule has 2 aliphatic heterocycles. The van der Waals surface area contributed by atoms with E-state index < -0.39 is 0 Å². The van der Waals surface area contributed by atoms with Gasteiger partial charge in [0.05, 0.1) is 15.1 Å². The summed E-state index contributed by atoms with van der Waals surface area (Å²) in [5, 5.41) is 3.84. The third-order valence-corrected chi connectivity index (χ3v) is 8.94. The van der Waals surface area contributed by atoms with Crippen molar-refractivity contribution < 1.29 is 17.1 Å². The van der Waals surface area contributed by atoms with Crippen molar-refractivity contribution in [3.05, 3.63) is 93.9 Å². The summed E-state index contributed by atoms with van der Waals surface area (Å²) in [6, 6.07) is 25.4. The maximum absolute atomic E-state index is 6.79. The predicted octanol–water partition coefficient (Wildman–Crippen LogP) is 8.83. The molecule has 8 bridgehead atoms. The van der Waals surface area contributed by atoms with Crippen molar-refractivity contribution in [2.24, 2.45) is 0 Å². The van der Waals surface area contributed by atoms with E-state index in [1.54, 1.807) is 6.07 Å². The van der Waals surface area contributed by atoms with E-state index in [-0.39, 0.29) is 27.1 Å². The Morgan fingerprint density at radius 1 is 0.432 bits per heavy atom. The molecule has 8 nitrogen and oxygen atoms in total. The number of hydrogen-bond acceptors (Lipinski definition) is 6. The Balaban J connectivity index is 0.00000289. The minimum absolute atomic E-state index is 0. The molecule has 0 saturated carbocycles. The summed E-state index contributed by atoms with van der Waals surface area (Å²) in [4.78, 5) is 36.4. The summed E-state index contributed by atoms with van der Waals surface area (Å²) < 4.78 is 0. The topological polar surface area (TPSA) is 109 Å². The predicted molar refractivity (Wildman–Crippen MR) is 171 cm³/mol. The normalized spacial score (nSPS) is 11.8. The molecule has 0 fully saturated rings. The summed E-state index contributed by atoms with van der Waals surface area (Å²) in [6.45, 7) is 0. The summed E-state index contributed by atoms with van der Waals surface area (Å²) in [6.07, 6.45) is 0. The van der Waals surface area contributed by atoms with Crippen LogP contribution in [0.5, 0.6) is 0 Å². The first-order chi connectivity index (χ1) is 21.0. The molecular weight excluding hydrogens is 666 g/mol. The van der Waals surface area contributed by atoms with Gasteiger partial charge in [-0.2, -0.15) is 0 Å². The number of fused-ring (bicyclic) bond motifs is 20. The van der Waals surface area contributed by atoms with Crippen LogP contribution in [0.1, 0.15) is 0 Å². The molecule has 0 unspecified atom stereocenters. The minimum Gasteiger partial charge on any atom is -0.324 e. The molecule has 0 aliphatic carbocycles. The number of aromatic nitrogens is 8. The molecule has 215 valence electrons. The van der Waals surface area contributed by atoms with Gasteiger partial charge in [-0.3, -0.25) is 0 Å². The van der Waals surface area contributed by atoms with Crippen LogP contribution in [0.15, 0.2) is 78.9 Å². The standard InChI is InChI=1S/C32H15Cl3N8.Cu/c33-21-13-20-22(24(35)23(21)34)32-42-30-19-12-6-5-11-18(19)28(40-30)38-26-15-8-2-1-7-14(15)25(36-26)37-27-16-9-3-4-10-17(16)29(39-27)41-31(20)43-32;/h1-13H,(H2,36,37,38,39,40,41,42,43);. The van der Waals surface area contributed by atoms with Gasteiger partial charge >= 0.3 is 0 Å². The maximum atomic E-state index is 6.79. The van der Waals surface area contributed by atoms with Crippen molar-refractivity contribution in [2.45, 2.75) is 0 Å². The van der Waals surface area contributed by atoms with Gasteiger partial charge in [-0.25, -0.2) is 29.9 Å². The van der Waals surface area contributed by atoms with E-state index in [9.17, 15) is 0 Å². The molecule has 0 atom stereocenters. The number of H-pyrrole nitrogens is 2. The second kappa shape index (κ2) is 10.1. The van der Waals surface area contributed by atoms with Crippen molar-refractivity contribution in [1.29, 1.82) is 0 Å². The molecule has 5 heterocycles. The molecule has 7 aromatic rings. The van der Waals surface area contributed by atoms with Gasteiger partial charge in [0, 0.05) is 60.9 Å². The first-order valence-corrected chi connectivity index (χ1v) is 14.4. The van der Waals surface area contributed by atoms with E-state index in [1.165, 1.54) is 0 Å². The smallest absolute Gasteiger partial charge is 0.164 e. The van der Waals surface area contributed by atoms with Crippen molar-refractivity contribution in [2.75, 3.05) is 0 Å². The average molecular weight is 681 g/mol. The largest absolute Gasteiger partial charge is 0.324 e. The number of nitrogens with zero attached hydrogens (tertiary/aromatic N) is 6. The number of halogens is 3. The van der Waals surface area contributed by atoms with Crippen LogP contribution < -0.4 is 0 Å². The van der Waals surface area contributed by atoms with Crippen LogP contribution >= 0.6 is 34.8 Å². The van der Waals surface area contributed by atoms with Crippen LogP contribution in [0.25, 0.3) is 89.7 Å². The van der Waals surface area contributed by atoms with E-state index in [0.29, 0.717) is 61.7 Å². The zero-order chi connectivity index (χ0) is 28.8. The van der Waals surface area contributed by atoms with Gasteiger partial charge in [0.25, 0.3) is 0 Å². The van der Waals surface area contributed by atoms with Crippen molar-refractivity contribution in [3.63, 3.8) is 0 Å². The Morgan fingerprint density at radius 3 is 1.30 bits per heavy atom. The molecule has 0 spiro atoms. The fourth-order valence-corrected chi connectivity index (χ4v) is 6.39. The van der Waals surface area contributed by atoms with Gasteiger partial charge in [0.15, 0.2) is 23.3 Å². The molecule has 2 aliphatic rings. The van der Waals surface area contributed by atoms with Gasteiger partial charge in [0.1, 0.15) is 22.6 Å². The third-order valence-electron chi connectivity index (χ3n) is 7.68. The minimum atomic E-state index is 0. The van der Waals surface area contributed by atoms with Crippen molar-refractivity contribution in [3.8, 4) is 45.6 Å². The van der Waals surface area contributed by atoms with Gasteiger partial charge in [-0.15, -0.1) is 0 Å². The Labute approximate surface area is 274 Å². The molecule has 1 radical (unpaired) electrons. The monoisotopic (exact) mass is 679 g/mol. The summed E-state index contributed by atoms with van der Waals surface area (Å²) in [7, 11) is 0. The van der Waals surface area contributed by atoms with Gasteiger partial charge in [0.2, 0.25) is 0 Å². The fourth-order valence-electron chi connectivity index (χ4n) is 5.70. The molecule has 0 saturated heterocycles. The van der Waals surface area contributed by atoms with E-state index in [2.05, 4.69) is 9.97 Å². The second-order valence-corrected chi connectivity index (χ2v) is 11.3. The quantitative estimate of drug-likeness (QED) is 0.122. The van der Waals surface area contributed by atoms with Crippen molar-refractivity contribution in [1.82, 2.24) is 39.9 Å². The van der Waals surface area contributed by atoms with Crippen LogP contribution in [0.4, 0.5) is 0 Å². The summed E-state index contributed by atoms with van der Waals surface area (Å²) >= 11 is 19.8. The SMILES string of the molecule is Clc1cc2c3nc4nc(nc5[nH]c(nc6nc(nc([nH]3)c2c(Cl)c1Cl)-c1ccccc1-6)c1ccccc51)-c1ccccc1-4.[Cu]. The Kier molecular flexibility index (Phi) is 6.24. The molecule has 2 N–H and O–H groups in total. The number of hydrogen-bond donors (Lipinski definition) is 2.